The number of amides is 2. The number of carbonyl (C=O) groups is 2. The lowest BCUT2D eigenvalue weighted by Crippen LogP contribution is -2.41. The van der Waals surface area contributed by atoms with Crippen LogP contribution in [0.15, 0.2) is 0 Å². The predicted octanol–water partition coefficient (Wildman–Crippen LogP) is 3.25. The molecule has 2 rings (SSSR count). The molecule has 8 heteroatoms. The van der Waals surface area contributed by atoms with E-state index in [1.165, 1.54) is 0 Å². The summed E-state index contributed by atoms with van der Waals surface area (Å²) in [6, 6.07) is -0.148. The Morgan fingerprint density at radius 1 is 0.767 bits per heavy atom. The molecule has 2 aliphatic heterocycles. The highest BCUT2D eigenvalue weighted by Gasteiger charge is 2.36. The van der Waals surface area contributed by atoms with Gasteiger partial charge in [-0.3, -0.25) is 0 Å². The van der Waals surface area contributed by atoms with Gasteiger partial charge in [-0.1, -0.05) is 13.8 Å². The number of ether oxygens (including phenoxy) is 2. The molecule has 8 nitrogen and oxygen atoms in total. The maximum absolute atomic E-state index is 11.8. The molecule has 0 bridgehead atoms. The molecule has 176 valence electrons. The Balaban J connectivity index is 0.000000300. The smallest absolute Gasteiger partial charge is 0.410 e. The predicted molar refractivity (Wildman–Crippen MR) is 115 cm³/mol. The fourth-order valence-corrected chi connectivity index (χ4v) is 3.74. The molecule has 2 aliphatic rings. The van der Waals surface area contributed by atoms with E-state index in [1.807, 2.05) is 41.5 Å². The summed E-state index contributed by atoms with van der Waals surface area (Å²) in [5, 5.41) is 18.3. The normalized spacial score (nSPS) is 26.9. The average Bonchev–Trinajstić information content (AvgIpc) is 3.14. The van der Waals surface area contributed by atoms with E-state index >= 15 is 0 Å². The van der Waals surface area contributed by atoms with Crippen molar-refractivity contribution in [3.05, 3.63) is 0 Å². The fraction of sp³-hybridized carbons (Fsp3) is 0.909. The number of aliphatic hydroxyl groups excluding tert-OH is 2. The van der Waals surface area contributed by atoms with Crippen LogP contribution in [-0.2, 0) is 9.47 Å². The van der Waals surface area contributed by atoms with Gasteiger partial charge in [0.05, 0.1) is 25.3 Å². The summed E-state index contributed by atoms with van der Waals surface area (Å²) in [6.07, 6.45) is 1.09. The summed E-state index contributed by atoms with van der Waals surface area (Å²) in [5.74, 6) is 0.879. The summed E-state index contributed by atoms with van der Waals surface area (Å²) >= 11 is 0. The number of nitrogens with zero attached hydrogens (tertiary/aromatic N) is 2. The van der Waals surface area contributed by atoms with Gasteiger partial charge in [-0.15, -0.1) is 0 Å². The minimum absolute atomic E-state index is 0.0174. The van der Waals surface area contributed by atoms with Crippen molar-refractivity contribution in [1.29, 1.82) is 0 Å². The van der Waals surface area contributed by atoms with Crippen LogP contribution in [0.5, 0.6) is 0 Å². The van der Waals surface area contributed by atoms with Gasteiger partial charge in [0.15, 0.2) is 0 Å². The Labute approximate surface area is 181 Å². The number of hydrogen-bond acceptors (Lipinski definition) is 6. The largest absolute Gasteiger partial charge is 0.444 e. The Kier molecular flexibility index (Phi) is 9.42. The first-order valence-corrected chi connectivity index (χ1v) is 10.9. The lowest BCUT2D eigenvalue weighted by molar-refractivity contribution is 0.0164. The van der Waals surface area contributed by atoms with Gasteiger partial charge < -0.3 is 29.5 Å². The summed E-state index contributed by atoms with van der Waals surface area (Å²) < 4.78 is 10.6. The van der Waals surface area contributed by atoms with Crippen molar-refractivity contribution in [2.24, 2.45) is 11.8 Å². The highest BCUT2D eigenvalue weighted by atomic mass is 16.6. The third-order valence-corrected chi connectivity index (χ3v) is 4.92. The SMILES string of the molecule is C[C@@H]1C[C@H](CO)N(C(=O)OC(C)(C)C)C1.C[C@H]1C[C@@H](CO)N(C(=O)OC(C)(C)C)C1. The van der Waals surface area contributed by atoms with Crippen LogP contribution < -0.4 is 0 Å². The molecule has 0 aromatic heterocycles. The van der Waals surface area contributed by atoms with Crippen LogP contribution in [0.3, 0.4) is 0 Å². The molecule has 2 saturated heterocycles. The zero-order valence-corrected chi connectivity index (χ0v) is 20.0. The van der Waals surface area contributed by atoms with Crippen molar-refractivity contribution in [3.8, 4) is 0 Å². The second-order valence-electron chi connectivity index (χ2n) is 10.6. The van der Waals surface area contributed by atoms with Crippen molar-refractivity contribution >= 4 is 12.2 Å². The van der Waals surface area contributed by atoms with Crippen LogP contribution in [0.2, 0.25) is 0 Å². The maximum atomic E-state index is 11.8. The van der Waals surface area contributed by atoms with E-state index in [0.717, 1.165) is 12.8 Å². The average molecular weight is 431 g/mol. The first-order chi connectivity index (χ1) is 13.7. The van der Waals surface area contributed by atoms with Crippen molar-refractivity contribution in [3.63, 3.8) is 0 Å². The zero-order valence-electron chi connectivity index (χ0n) is 20.0. The Morgan fingerprint density at radius 2 is 1.07 bits per heavy atom. The van der Waals surface area contributed by atoms with Gasteiger partial charge in [0.25, 0.3) is 0 Å². The van der Waals surface area contributed by atoms with E-state index in [0.29, 0.717) is 24.9 Å². The summed E-state index contributed by atoms with van der Waals surface area (Å²) in [5.41, 5.74) is -0.939. The van der Waals surface area contributed by atoms with Gasteiger partial charge in [0.2, 0.25) is 0 Å². The molecule has 30 heavy (non-hydrogen) atoms. The summed E-state index contributed by atoms with van der Waals surface area (Å²) in [7, 11) is 0. The van der Waals surface area contributed by atoms with Crippen molar-refractivity contribution in [1.82, 2.24) is 9.80 Å². The molecule has 0 aliphatic carbocycles. The number of aliphatic hydroxyl groups is 2. The van der Waals surface area contributed by atoms with Crippen LogP contribution in [-0.4, -0.2) is 81.8 Å². The minimum Gasteiger partial charge on any atom is -0.444 e. The topological polar surface area (TPSA) is 99.5 Å². The lowest BCUT2D eigenvalue weighted by Gasteiger charge is -2.27. The molecular weight excluding hydrogens is 388 g/mol. The van der Waals surface area contributed by atoms with Gasteiger partial charge >= 0.3 is 12.2 Å². The molecule has 0 aromatic carbocycles. The van der Waals surface area contributed by atoms with Crippen LogP contribution in [0.1, 0.15) is 68.2 Å². The highest BCUT2D eigenvalue weighted by molar-refractivity contribution is 5.69. The van der Waals surface area contributed by atoms with Crippen LogP contribution in [0.4, 0.5) is 9.59 Å². The highest BCUT2D eigenvalue weighted by Crippen LogP contribution is 2.25. The van der Waals surface area contributed by atoms with Crippen molar-refractivity contribution in [2.45, 2.75) is 91.5 Å². The van der Waals surface area contributed by atoms with E-state index < -0.39 is 11.2 Å². The summed E-state index contributed by atoms with van der Waals surface area (Å²) in [6.45, 7) is 16.6. The summed E-state index contributed by atoms with van der Waals surface area (Å²) in [4.78, 5) is 26.8. The molecule has 4 atom stereocenters. The van der Waals surface area contributed by atoms with Gasteiger partial charge in [0.1, 0.15) is 11.2 Å². The van der Waals surface area contributed by atoms with Crippen LogP contribution in [0, 0.1) is 11.8 Å². The van der Waals surface area contributed by atoms with Crippen molar-refractivity contribution < 1.29 is 29.3 Å². The van der Waals surface area contributed by atoms with Gasteiger partial charge in [-0.05, 0) is 66.2 Å². The maximum Gasteiger partial charge on any atom is 0.410 e. The monoisotopic (exact) mass is 430 g/mol. The van der Waals surface area contributed by atoms with Crippen LogP contribution >= 0.6 is 0 Å². The number of likely N-dealkylation sites (tertiary alicyclic amines) is 2. The molecule has 2 amide bonds. The van der Waals surface area contributed by atoms with Gasteiger partial charge in [-0.25, -0.2) is 9.59 Å². The second kappa shape index (κ2) is 10.7. The first-order valence-electron chi connectivity index (χ1n) is 10.9. The molecule has 2 fully saturated rings. The Hall–Kier alpha value is -1.54. The van der Waals surface area contributed by atoms with E-state index in [4.69, 9.17) is 19.7 Å². The van der Waals surface area contributed by atoms with E-state index in [-0.39, 0.29) is 37.5 Å². The van der Waals surface area contributed by atoms with E-state index in [1.54, 1.807) is 9.80 Å². The molecule has 0 spiro atoms. The third-order valence-electron chi connectivity index (χ3n) is 4.92. The molecule has 0 aromatic rings. The van der Waals surface area contributed by atoms with Gasteiger partial charge in [0, 0.05) is 13.1 Å². The lowest BCUT2D eigenvalue weighted by atomic mass is 10.1. The molecule has 0 radical (unpaired) electrons. The molecule has 2 heterocycles. The number of carbonyl (C=O) groups excluding carboxylic acids is 2. The molecule has 0 saturated carbocycles. The standard InChI is InChI=1S/2C11H21NO3/c2*1-8-5-9(7-13)12(6-8)10(14)15-11(2,3)4/h2*8-9,13H,5-7H2,1-4H3/t2*8-,9-/m10/s1. The molecule has 2 N–H and O–H groups in total. The first kappa shape index (κ1) is 26.5. The van der Waals surface area contributed by atoms with E-state index in [2.05, 4.69) is 13.8 Å². The number of hydrogen-bond donors (Lipinski definition) is 2. The number of rotatable bonds is 2. The Bertz CT molecular complexity index is 519. The van der Waals surface area contributed by atoms with Crippen molar-refractivity contribution in [2.75, 3.05) is 26.3 Å². The zero-order chi connectivity index (χ0) is 23.3. The second-order valence-corrected chi connectivity index (χ2v) is 10.6. The van der Waals surface area contributed by atoms with E-state index in [9.17, 15) is 9.59 Å². The molecular formula is C22H42N2O6. The quantitative estimate of drug-likeness (QED) is 0.698. The van der Waals surface area contributed by atoms with Gasteiger partial charge in [-0.2, -0.15) is 0 Å². The minimum atomic E-state index is -0.469. The Morgan fingerprint density at radius 3 is 1.30 bits per heavy atom. The third kappa shape index (κ3) is 8.68. The fourth-order valence-electron chi connectivity index (χ4n) is 3.74. The van der Waals surface area contributed by atoms with Crippen LogP contribution in [0.25, 0.3) is 0 Å². The molecule has 0 unspecified atom stereocenters.